The molecule has 1 aromatic carbocycles. The van der Waals surface area contributed by atoms with Crippen molar-refractivity contribution < 1.29 is 22.4 Å². The minimum atomic E-state index is -3.50. The molecule has 0 amide bonds. The number of carbonyl (C=O) groups is 1. The Hall–Kier alpha value is -2.23. The third-order valence-electron chi connectivity index (χ3n) is 6.52. The number of rotatable bonds is 8. The Morgan fingerprint density at radius 3 is 2.46 bits per heavy atom. The minimum Gasteiger partial charge on any atom is -0.466 e. The number of aryl methyl sites for hydroxylation is 1. The number of oxazole rings is 1. The Morgan fingerprint density at radius 2 is 1.83 bits per heavy atom. The molecule has 0 unspecified atom stereocenters. The van der Waals surface area contributed by atoms with Crippen LogP contribution in [0.3, 0.4) is 0 Å². The van der Waals surface area contributed by atoms with E-state index in [0.717, 1.165) is 39.0 Å². The van der Waals surface area contributed by atoms with E-state index in [1.54, 1.807) is 6.26 Å². The standard InChI is InChI=1S/C26H33NO5S2Si/c1-19-27-22(18-32-19)20-7-9-21(10-8-20)23-11-12-24(33-23)26(13-5-6-15-34(26,29)30)17-25(28)31-14-16-35(2,3)4/h7-12,18H,5-6,13-17H2,1-4H3/t26-/m0/s1. The highest BCUT2D eigenvalue weighted by molar-refractivity contribution is 7.92. The minimum absolute atomic E-state index is 0.105. The molecular formula is C26H33NO5S2Si. The van der Waals surface area contributed by atoms with Crippen molar-refractivity contribution >= 4 is 35.2 Å². The van der Waals surface area contributed by atoms with E-state index >= 15 is 0 Å². The molecule has 3 aromatic rings. The molecule has 0 N–H and O–H groups in total. The van der Waals surface area contributed by atoms with Gasteiger partial charge in [-0.3, -0.25) is 4.79 Å². The summed E-state index contributed by atoms with van der Waals surface area (Å²) in [5.41, 5.74) is 2.72. The van der Waals surface area contributed by atoms with Gasteiger partial charge in [-0.2, -0.15) is 0 Å². The Bertz CT molecular complexity index is 1290. The number of hydrogen-bond acceptors (Lipinski definition) is 7. The molecule has 0 bridgehead atoms. The second kappa shape index (κ2) is 10.0. The molecule has 9 heteroatoms. The molecule has 35 heavy (non-hydrogen) atoms. The number of ether oxygens (including phenoxy) is 1. The Morgan fingerprint density at radius 1 is 1.11 bits per heavy atom. The summed E-state index contributed by atoms with van der Waals surface area (Å²) in [6.07, 6.45) is 3.37. The van der Waals surface area contributed by atoms with Gasteiger partial charge in [-0.1, -0.05) is 50.3 Å². The summed E-state index contributed by atoms with van der Waals surface area (Å²) >= 11 is 1.46. The van der Waals surface area contributed by atoms with Crippen molar-refractivity contribution in [3.63, 3.8) is 0 Å². The first-order valence-corrected chi connectivity index (χ1v) is 18.2. The van der Waals surface area contributed by atoms with E-state index < -0.39 is 28.6 Å². The maximum Gasteiger partial charge on any atom is 0.307 e. The van der Waals surface area contributed by atoms with Crippen LogP contribution in [0.4, 0.5) is 0 Å². The first-order chi connectivity index (χ1) is 16.5. The van der Waals surface area contributed by atoms with Gasteiger partial charge in [0.25, 0.3) is 0 Å². The lowest BCUT2D eigenvalue weighted by atomic mass is 9.95. The number of carbonyl (C=O) groups excluding carboxylic acids is 1. The van der Waals surface area contributed by atoms with Crippen molar-refractivity contribution in [2.45, 2.75) is 63.0 Å². The summed E-state index contributed by atoms with van der Waals surface area (Å²) in [7, 11) is -4.85. The van der Waals surface area contributed by atoms with Crippen molar-refractivity contribution in [2.75, 3.05) is 12.4 Å². The van der Waals surface area contributed by atoms with Crippen LogP contribution in [0, 0.1) is 6.92 Å². The van der Waals surface area contributed by atoms with Gasteiger partial charge in [-0.25, -0.2) is 13.4 Å². The van der Waals surface area contributed by atoms with E-state index in [1.807, 2.05) is 43.3 Å². The predicted octanol–water partition coefficient (Wildman–Crippen LogP) is 6.44. The smallest absolute Gasteiger partial charge is 0.307 e. The molecule has 188 valence electrons. The van der Waals surface area contributed by atoms with E-state index in [9.17, 15) is 13.2 Å². The normalized spacial score (nSPS) is 20.0. The van der Waals surface area contributed by atoms with Crippen molar-refractivity contribution in [3.05, 3.63) is 53.4 Å². The molecule has 0 spiro atoms. The fourth-order valence-corrected chi connectivity index (χ4v) is 8.90. The van der Waals surface area contributed by atoms with Crippen LogP contribution in [0.2, 0.25) is 25.7 Å². The first kappa shape index (κ1) is 25.8. The molecule has 3 heterocycles. The Kier molecular flexibility index (Phi) is 7.40. The van der Waals surface area contributed by atoms with Crippen LogP contribution in [0.15, 0.2) is 47.1 Å². The molecule has 4 rings (SSSR count). The third-order valence-corrected chi connectivity index (χ3v) is 12.3. The molecule has 1 aliphatic rings. The van der Waals surface area contributed by atoms with E-state index in [-0.39, 0.29) is 12.2 Å². The highest BCUT2D eigenvalue weighted by Gasteiger charge is 2.49. The molecule has 1 atom stereocenters. The van der Waals surface area contributed by atoms with Gasteiger partial charge in [-0.05, 0) is 36.6 Å². The lowest BCUT2D eigenvalue weighted by Gasteiger charge is -2.35. The molecule has 1 fully saturated rings. The molecule has 2 aromatic heterocycles. The number of hydrogen-bond donors (Lipinski definition) is 0. The predicted molar refractivity (Wildman–Crippen MR) is 143 cm³/mol. The van der Waals surface area contributed by atoms with Crippen LogP contribution < -0.4 is 0 Å². The van der Waals surface area contributed by atoms with Crippen molar-refractivity contribution in [2.24, 2.45) is 0 Å². The zero-order chi connectivity index (χ0) is 25.3. The molecular weight excluding hydrogens is 499 g/mol. The van der Waals surface area contributed by atoms with E-state index in [0.29, 0.717) is 25.3 Å². The SMILES string of the molecule is Cc1nc(-c2ccc(-c3ccc([C@@]4(CC(=O)OCC[Si](C)(C)C)CCCCS4(=O)=O)s3)cc2)co1. The van der Waals surface area contributed by atoms with E-state index in [4.69, 9.17) is 9.15 Å². The highest BCUT2D eigenvalue weighted by atomic mass is 32.2. The largest absolute Gasteiger partial charge is 0.466 e. The zero-order valence-electron chi connectivity index (χ0n) is 20.8. The summed E-state index contributed by atoms with van der Waals surface area (Å²) in [4.78, 5) is 18.9. The number of sulfone groups is 1. The second-order valence-electron chi connectivity index (χ2n) is 10.5. The highest BCUT2D eigenvalue weighted by Crippen LogP contribution is 2.47. The maximum absolute atomic E-state index is 13.4. The van der Waals surface area contributed by atoms with Gasteiger partial charge in [0.05, 0.1) is 18.8 Å². The average Bonchev–Trinajstić information content (AvgIpc) is 3.44. The first-order valence-electron chi connectivity index (χ1n) is 12.0. The number of aromatic nitrogens is 1. The van der Waals surface area contributed by atoms with Gasteiger partial charge < -0.3 is 9.15 Å². The lowest BCUT2D eigenvalue weighted by Crippen LogP contribution is -2.42. The van der Waals surface area contributed by atoms with E-state index in [1.165, 1.54) is 11.3 Å². The summed E-state index contributed by atoms with van der Waals surface area (Å²) in [6.45, 7) is 8.83. The average molecular weight is 532 g/mol. The van der Waals surface area contributed by atoms with Gasteiger partial charge in [0.2, 0.25) is 0 Å². The van der Waals surface area contributed by atoms with Crippen molar-refractivity contribution in [1.82, 2.24) is 4.98 Å². The van der Waals surface area contributed by atoms with Crippen LogP contribution in [-0.2, 0) is 24.1 Å². The number of thiophene rings is 1. The van der Waals surface area contributed by atoms with Gasteiger partial charge in [0, 0.05) is 30.3 Å². The van der Waals surface area contributed by atoms with Crippen LogP contribution in [0.1, 0.15) is 36.5 Å². The Balaban J connectivity index is 1.58. The van der Waals surface area contributed by atoms with Crippen molar-refractivity contribution in [3.8, 4) is 21.7 Å². The molecule has 6 nitrogen and oxygen atoms in total. The Labute approximate surface area is 212 Å². The fourth-order valence-electron chi connectivity index (χ4n) is 4.41. The van der Waals surface area contributed by atoms with Crippen LogP contribution in [0.25, 0.3) is 21.7 Å². The van der Waals surface area contributed by atoms with Crippen LogP contribution in [-0.4, -0.2) is 39.8 Å². The topological polar surface area (TPSA) is 86.5 Å². The molecule has 1 saturated heterocycles. The number of esters is 1. The summed E-state index contributed by atoms with van der Waals surface area (Å²) in [5, 5.41) is 0. The number of nitrogens with zero attached hydrogens (tertiary/aromatic N) is 1. The summed E-state index contributed by atoms with van der Waals surface area (Å²) in [6, 6.07) is 12.7. The van der Waals surface area contributed by atoms with Gasteiger partial charge in [0.1, 0.15) is 16.7 Å². The van der Waals surface area contributed by atoms with Gasteiger partial charge >= 0.3 is 5.97 Å². The molecule has 0 aliphatic carbocycles. The van der Waals surface area contributed by atoms with Crippen LogP contribution in [0.5, 0.6) is 0 Å². The summed E-state index contributed by atoms with van der Waals surface area (Å²) in [5.74, 6) is 0.301. The van der Waals surface area contributed by atoms with E-state index in [2.05, 4.69) is 24.6 Å². The molecule has 0 radical (unpaired) electrons. The zero-order valence-corrected chi connectivity index (χ0v) is 23.4. The third kappa shape index (κ3) is 5.78. The maximum atomic E-state index is 13.4. The lowest BCUT2D eigenvalue weighted by molar-refractivity contribution is -0.144. The summed E-state index contributed by atoms with van der Waals surface area (Å²) < 4.78 is 36.5. The monoisotopic (exact) mass is 531 g/mol. The molecule has 0 saturated carbocycles. The fraction of sp³-hybridized carbons (Fsp3) is 0.462. The van der Waals surface area contributed by atoms with Crippen LogP contribution >= 0.6 is 11.3 Å². The van der Waals surface area contributed by atoms with Crippen molar-refractivity contribution in [1.29, 1.82) is 0 Å². The molecule has 1 aliphatic heterocycles. The number of benzene rings is 1. The second-order valence-corrected chi connectivity index (χ2v) is 19.6. The quantitative estimate of drug-likeness (QED) is 0.245. The van der Waals surface area contributed by atoms with Gasteiger partial charge in [-0.15, -0.1) is 11.3 Å². The van der Waals surface area contributed by atoms with Gasteiger partial charge in [0.15, 0.2) is 15.7 Å².